The molecule has 1 saturated heterocycles. The maximum atomic E-state index is 12.8. The molecule has 1 aromatic carbocycles. The van der Waals surface area contributed by atoms with Crippen LogP contribution in [0.1, 0.15) is 34.8 Å². The van der Waals surface area contributed by atoms with E-state index < -0.39 is 10.0 Å². The lowest BCUT2D eigenvalue weighted by Gasteiger charge is -2.23. The molecule has 1 unspecified atom stereocenters. The summed E-state index contributed by atoms with van der Waals surface area (Å²) in [5, 5.41) is 0. The average Bonchev–Trinajstić information content (AvgIpc) is 2.92. The van der Waals surface area contributed by atoms with Crippen molar-refractivity contribution in [3.05, 3.63) is 28.8 Å². The number of nitrogens with two attached hydrogens (primary N) is 1. The van der Waals surface area contributed by atoms with Gasteiger partial charge in [-0.1, -0.05) is 6.92 Å². The topological polar surface area (TPSA) is 83.7 Å². The first-order valence-corrected chi connectivity index (χ1v) is 9.49. The van der Waals surface area contributed by atoms with Crippen molar-refractivity contribution < 1.29 is 13.2 Å². The summed E-state index contributed by atoms with van der Waals surface area (Å²) in [6, 6.07) is 3.27. The highest BCUT2D eigenvalue weighted by molar-refractivity contribution is 7.89. The normalized spacial score (nSPS) is 21.5. The van der Waals surface area contributed by atoms with Gasteiger partial charge in [-0.15, -0.1) is 0 Å². The monoisotopic (exact) mass is 353 g/mol. The molecule has 0 saturated carbocycles. The van der Waals surface area contributed by atoms with E-state index in [-0.39, 0.29) is 16.2 Å². The third-order valence-electron chi connectivity index (χ3n) is 4.96. The second-order valence-electron chi connectivity index (χ2n) is 7.20. The minimum Gasteiger partial charge on any atom is -0.338 e. The minimum atomic E-state index is -3.59. The molecule has 1 amide bonds. The summed E-state index contributed by atoms with van der Waals surface area (Å²) in [6.45, 7) is 7.45. The van der Waals surface area contributed by atoms with Crippen molar-refractivity contribution in [1.82, 2.24) is 9.21 Å². The van der Waals surface area contributed by atoms with E-state index >= 15 is 0 Å². The number of hydrogen-bond donors (Lipinski definition) is 1. The van der Waals surface area contributed by atoms with Crippen LogP contribution in [-0.4, -0.2) is 57.3 Å². The third kappa shape index (κ3) is 3.34. The Morgan fingerprint density at radius 1 is 1.33 bits per heavy atom. The maximum Gasteiger partial charge on any atom is 0.253 e. The van der Waals surface area contributed by atoms with Crippen molar-refractivity contribution in [3.8, 4) is 0 Å². The molecule has 6 nitrogen and oxygen atoms in total. The van der Waals surface area contributed by atoms with Crippen molar-refractivity contribution in [2.75, 3.05) is 33.7 Å². The van der Waals surface area contributed by atoms with Gasteiger partial charge in [0.15, 0.2) is 0 Å². The van der Waals surface area contributed by atoms with Crippen molar-refractivity contribution in [2.24, 2.45) is 11.1 Å². The summed E-state index contributed by atoms with van der Waals surface area (Å²) in [7, 11) is -0.611. The lowest BCUT2D eigenvalue weighted by molar-refractivity contribution is 0.0776. The SMILES string of the molecule is Cc1cc(C(=O)N2CCC(C)(CN)C2)cc(S(=O)(=O)N(C)C)c1C. The Morgan fingerprint density at radius 2 is 1.96 bits per heavy atom. The fraction of sp³-hybridized carbons (Fsp3) is 0.588. The standard InChI is InChI=1S/C17H27N3O3S/c1-12-8-14(9-15(13(12)2)24(22,23)19(4)5)16(21)20-7-6-17(3,10-18)11-20/h8-9H,6-7,10-11,18H2,1-5H3. The lowest BCUT2D eigenvalue weighted by Crippen LogP contribution is -2.34. The van der Waals surface area contributed by atoms with E-state index in [1.165, 1.54) is 24.5 Å². The van der Waals surface area contributed by atoms with Crippen LogP contribution in [0.15, 0.2) is 17.0 Å². The van der Waals surface area contributed by atoms with Crippen LogP contribution < -0.4 is 5.73 Å². The molecule has 2 rings (SSSR count). The highest BCUT2D eigenvalue weighted by Crippen LogP contribution is 2.30. The van der Waals surface area contributed by atoms with E-state index in [4.69, 9.17) is 5.73 Å². The van der Waals surface area contributed by atoms with Gasteiger partial charge in [-0.3, -0.25) is 4.79 Å². The van der Waals surface area contributed by atoms with E-state index in [2.05, 4.69) is 6.92 Å². The van der Waals surface area contributed by atoms with Gasteiger partial charge in [0, 0.05) is 32.7 Å². The first-order chi connectivity index (χ1) is 11.0. The molecular formula is C17H27N3O3S. The van der Waals surface area contributed by atoms with Gasteiger partial charge in [-0.25, -0.2) is 12.7 Å². The Morgan fingerprint density at radius 3 is 2.46 bits per heavy atom. The molecule has 1 fully saturated rings. The molecule has 0 aliphatic carbocycles. The first kappa shape index (κ1) is 18.9. The van der Waals surface area contributed by atoms with Crippen LogP contribution in [-0.2, 0) is 10.0 Å². The van der Waals surface area contributed by atoms with Crippen LogP contribution >= 0.6 is 0 Å². The maximum absolute atomic E-state index is 12.8. The van der Waals surface area contributed by atoms with Gasteiger partial charge in [-0.05, 0) is 55.5 Å². The predicted octanol–water partition coefficient (Wildman–Crippen LogP) is 1.36. The number of carbonyl (C=O) groups excluding carboxylic acids is 1. The quantitative estimate of drug-likeness (QED) is 0.886. The van der Waals surface area contributed by atoms with Crippen LogP contribution in [0, 0.1) is 19.3 Å². The molecular weight excluding hydrogens is 326 g/mol. The fourth-order valence-corrected chi connectivity index (χ4v) is 4.18. The van der Waals surface area contributed by atoms with E-state index in [1.807, 2.05) is 6.92 Å². The summed E-state index contributed by atoms with van der Waals surface area (Å²) < 4.78 is 26.2. The molecule has 0 radical (unpaired) electrons. The molecule has 0 aromatic heterocycles. The predicted molar refractivity (Wildman–Crippen MR) is 94.5 cm³/mol. The van der Waals surface area contributed by atoms with Crippen LogP contribution in [0.25, 0.3) is 0 Å². The number of benzene rings is 1. The summed E-state index contributed by atoms with van der Waals surface area (Å²) in [6.07, 6.45) is 0.864. The zero-order chi connectivity index (χ0) is 18.3. The zero-order valence-corrected chi connectivity index (χ0v) is 15.9. The number of sulfonamides is 1. The molecule has 1 atom stereocenters. The second-order valence-corrected chi connectivity index (χ2v) is 9.32. The van der Waals surface area contributed by atoms with Crippen molar-refractivity contribution >= 4 is 15.9 Å². The van der Waals surface area contributed by atoms with Crippen molar-refractivity contribution in [2.45, 2.75) is 32.1 Å². The van der Waals surface area contributed by atoms with E-state index in [9.17, 15) is 13.2 Å². The Hall–Kier alpha value is -1.44. The highest BCUT2D eigenvalue weighted by atomic mass is 32.2. The van der Waals surface area contributed by atoms with E-state index in [0.717, 1.165) is 12.0 Å². The van der Waals surface area contributed by atoms with Crippen molar-refractivity contribution in [3.63, 3.8) is 0 Å². The molecule has 1 aliphatic rings. The lowest BCUT2D eigenvalue weighted by atomic mass is 9.90. The summed E-state index contributed by atoms with van der Waals surface area (Å²) in [4.78, 5) is 14.8. The molecule has 1 heterocycles. The van der Waals surface area contributed by atoms with Crippen LogP contribution in [0.4, 0.5) is 0 Å². The fourth-order valence-electron chi connectivity index (χ4n) is 2.96. The zero-order valence-electron chi connectivity index (χ0n) is 15.1. The van der Waals surface area contributed by atoms with Gasteiger partial charge in [0.05, 0.1) is 4.90 Å². The first-order valence-electron chi connectivity index (χ1n) is 8.05. The molecule has 2 N–H and O–H groups in total. The number of carbonyl (C=O) groups is 1. The molecule has 0 bridgehead atoms. The van der Waals surface area contributed by atoms with Crippen LogP contribution in [0.3, 0.4) is 0 Å². The summed E-state index contributed by atoms with van der Waals surface area (Å²) >= 11 is 0. The molecule has 1 aromatic rings. The van der Waals surface area contributed by atoms with Gasteiger partial charge in [-0.2, -0.15) is 0 Å². The Kier molecular flexibility index (Phi) is 5.09. The average molecular weight is 353 g/mol. The van der Waals surface area contributed by atoms with Gasteiger partial charge in [0.1, 0.15) is 0 Å². The molecule has 1 aliphatic heterocycles. The molecule has 134 valence electrons. The number of rotatable bonds is 4. The Bertz CT molecular complexity index is 759. The number of hydrogen-bond acceptors (Lipinski definition) is 4. The Labute approximate surface area is 144 Å². The van der Waals surface area contributed by atoms with E-state index in [0.29, 0.717) is 30.8 Å². The van der Waals surface area contributed by atoms with Gasteiger partial charge < -0.3 is 10.6 Å². The molecule has 7 heteroatoms. The number of aryl methyl sites for hydroxylation is 1. The van der Waals surface area contributed by atoms with Gasteiger partial charge in [0.25, 0.3) is 5.91 Å². The number of likely N-dealkylation sites (tertiary alicyclic amines) is 1. The summed E-state index contributed by atoms with van der Waals surface area (Å²) in [5.74, 6) is -0.134. The van der Waals surface area contributed by atoms with Crippen LogP contribution in [0.5, 0.6) is 0 Å². The number of amides is 1. The largest absolute Gasteiger partial charge is 0.338 e. The third-order valence-corrected chi connectivity index (χ3v) is 6.90. The minimum absolute atomic E-state index is 0.0616. The molecule has 0 spiro atoms. The Balaban J connectivity index is 2.43. The van der Waals surface area contributed by atoms with Gasteiger partial charge in [0.2, 0.25) is 10.0 Å². The van der Waals surface area contributed by atoms with Gasteiger partial charge >= 0.3 is 0 Å². The molecule has 24 heavy (non-hydrogen) atoms. The van der Waals surface area contributed by atoms with Crippen molar-refractivity contribution in [1.29, 1.82) is 0 Å². The smallest absolute Gasteiger partial charge is 0.253 e. The highest BCUT2D eigenvalue weighted by Gasteiger charge is 2.35. The summed E-state index contributed by atoms with van der Waals surface area (Å²) in [5.41, 5.74) is 7.63. The number of nitrogens with zero attached hydrogens (tertiary/aromatic N) is 2. The van der Waals surface area contributed by atoms with Crippen LogP contribution in [0.2, 0.25) is 0 Å². The second kappa shape index (κ2) is 6.46. The van der Waals surface area contributed by atoms with E-state index in [1.54, 1.807) is 17.9 Å².